The van der Waals surface area contributed by atoms with Crippen molar-refractivity contribution in [2.24, 2.45) is 0 Å². The lowest BCUT2D eigenvalue weighted by atomic mass is 10.2. The molecule has 0 radical (unpaired) electrons. The van der Waals surface area contributed by atoms with Crippen molar-refractivity contribution in [3.63, 3.8) is 0 Å². The van der Waals surface area contributed by atoms with E-state index in [1.165, 1.54) is 6.07 Å². The first kappa shape index (κ1) is 14.0. The van der Waals surface area contributed by atoms with Gasteiger partial charge in [0.15, 0.2) is 0 Å². The number of pyridine rings is 2. The van der Waals surface area contributed by atoms with Crippen LogP contribution in [0.4, 0.5) is 0 Å². The van der Waals surface area contributed by atoms with Crippen LogP contribution in [-0.4, -0.2) is 27.7 Å². The van der Waals surface area contributed by atoms with Gasteiger partial charge in [-0.3, -0.25) is 4.98 Å². The Labute approximate surface area is 117 Å². The molecule has 0 aliphatic rings. The van der Waals surface area contributed by atoms with Crippen molar-refractivity contribution in [1.82, 2.24) is 9.97 Å². The molecule has 0 spiro atoms. The molecule has 2 heterocycles. The van der Waals surface area contributed by atoms with Crippen molar-refractivity contribution in [2.75, 3.05) is 6.61 Å². The molecule has 5 nitrogen and oxygen atoms in total. The number of hydrogen-bond donors (Lipinski definition) is 1. The molecule has 0 aliphatic heterocycles. The van der Waals surface area contributed by atoms with E-state index in [0.29, 0.717) is 31.0 Å². The van der Waals surface area contributed by atoms with Crippen LogP contribution >= 0.6 is 0 Å². The molecule has 20 heavy (non-hydrogen) atoms. The SMILES string of the molecule is CCc1cc(C(=O)O)cc(OCCc2ccccn2)n1. The van der Waals surface area contributed by atoms with Gasteiger partial charge in [-0.15, -0.1) is 0 Å². The molecule has 104 valence electrons. The fraction of sp³-hybridized carbons (Fsp3) is 0.267. The molecule has 0 bridgehead atoms. The van der Waals surface area contributed by atoms with Gasteiger partial charge >= 0.3 is 5.97 Å². The van der Waals surface area contributed by atoms with Crippen LogP contribution < -0.4 is 4.74 Å². The van der Waals surface area contributed by atoms with Gasteiger partial charge in [0, 0.05) is 30.1 Å². The number of carboxylic acids is 1. The second-order valence-corrected chi connectivity index (χ2v) is 4.26. The van der Waals surface area contributed by atoms with Crippen LogP contribution in [0, 0.1) is 0 Å². The topological polar surface area (TPSA) is 72.3 Å². The summed E-state index contributed by atoms with van der Waals surface area (Å²) in [5.41, 5.74) is 1.83. The van der Waals surface area contributed by atoms with E-state index in [1.807, 2.05) is 25.1 Å². The van der Waals surface area contributed by atoms with Gasteiger partial charge in [0.25, 0.3) is 0 Å². The Morgan fingerprint density at radius 1 is 1.30 bits per heavy atom. The maximum absolute atomic E-state index is 11.0. The predicted octanol–water partition coefficient (Wildman–Crippen LogP) is 2.36. The fourth-order valence-electron chi connectivity index (χ4n) is 1.74. The Hall–Kier alpha value is -2.43. The van der Waals surface area contributed by atoms with Crippen LogP contribution in [0.3, 0.4) is 0 Å². The Balaban J connectivity index is 2.02. The van der Waals surface area contributed by atoms with Crippen LogP contribution in [0.25, 0.3) is 0 Å². The van der Waals surface area contributed by atoms with Crippen molar-refractivity contribution in [2.45, 2.75) is 19.8 Å². The quantitative estimate of drug-likeness (QED) is 0.874. The maximum atomic E-state index is 11.0. The number of carbonyl (C=O) groups is 1. The third kappa shape index (κ3) is 3.78. The monoisotopic (exact) mass is 272 g/mol. The zero-order chi connectivity index (χ0) is 14.4. The molecular formula is C15H16N2O3. The Morgan fingerprint density at radius 2 is 2.15 bits per heavy atom. The number of ether oxygens (including phenoxy) is 1. The minimum Gasteiger partial charge on any atom is -0.478 e. The highest BCUT2D eigenvalue weighted by Crippen LogP contribution is 2.14. The molecule has 0 amide bonds. The molecule has 2 aromatic heterocycles. The highest BCUT2D eigenvalue weighted by Gasteiger charge is 2.08. The van der Waals surface area contributed by atoms with Gasteiger partial charge in [0.2, 0.25) is 5.88 Å². The van der Waals surface area contributed by atoms with E-state index in [1.54, 1.807) is 12.3 Å². The van der Waals surface area contributed by atoms with Crippen LogP contribution in [0.5, 0.6) is 5.88 Å². The molecule has 0 atom stereocenters. The van der Waals surface area contributed by atoms with Crippen molar-refractivity contribution >= 4 is 5.97 Å². The zero-order valence-corrected chi connectivity index (χ0v) is 11.2. The summed E-state index contributed by atoms with van der Waals surface area (Å²) >= 11 is 0. The number of aromatic carboxylic acids is 1. The molecule has 5 heteroatoms. The number of nitrogens with zero attached hydrogens (tertiary/aromatic N) is 2. The third-order valence-corrected chi connectivity index (χ3v) is 2.80. The van der Waals surface area contributed by atoms with Crippen molar-refractivity contribution in [1.29, 1.82) is 0 Å². The zero-order valence-electron chi connectivity index (χ0n) is 11.2. The Kier molecular flexibility index (Phi) is 4.65. The molecular weight excluding hydrogens is 256 g/mol. The van der Waals surface area contributed by atoms with E-state index in [-0.39, 0.29) is 5.56 Å². The second-order valence-electron chi connectivity index (χ2n) is 4.26. The average molecular weight is 272 g/mol. The minimum atomic E-state index is -0.975. The number of carboxylic acid groups (broad SMARTS) is 1. The summed E-state index contributed by atoms with van der Waals surface area (Å²) < 4.78 is 5.53. The third-order valence-electron chi connectivity index (χ3n) is 2.80. The number of rotatable bonds is 6. The second kappa shape index (κ2) is 6.65. The van der Waals surface area contributed by atoms with E-state index in [4.69, 9.17) is 9.84 Å². The average Bonchev–Trinajstić information content (AvgIpc) is 2.48. The number of hydrogen-bond acceptors (Lipinski definition) is 4. The standard InChI is InChI=1S/C15H16N2O3/c1-2-12-9-11(15(18)19)10-14(17-12)20-8-6-13-5-3-4-7-16-13/h3-5,7,9-10H,2,6,8H2,1H3,(H,18,19). The number of aromatic nitrogens is 2. The molecule has 0 unspecified atom stereocenters. The van der Waals surface area contributed by atoms with Gasteiger partial charge in [-0.2, -0.15) is 0 Å². The molecule has 0 fully saturated rings. The van der Waals surface area contributed by atoms with Crippen molar-refractivity contribution < 1.29 is 14.6 Å². The lowest BCUT2D eigenvalue weighted by Gasteiger charge is -2.07. The first-order valence-corrected chi connectivity index (χ1v) is 6.46. The molecule has 1 N–H and O–H groups in total. The summed E-state index contributed by atoms with van der Waals surface area (Å²) in [5, 5.41) is 9.04. The van der Waals surface area contributed by atoms with E-state index in [2.05, 4.69) is 9.97 Å². The largest absolute Gasteiger partial charge is 0.478 e. The minimum absolute atomic E-state index is 0.199. The van der Waals surface area contributed by atoms with E-state index in [0.717, 1.165) is 5.69 Å². The summed E-state index contributed by atoms with van der Waals surface area (Å²) in [6.45, 7) is 2.34. The molecule has 2 rings (SSSR count). The molecule has 0 aliphatic carbocycles. The van der Waals surface area contributed by atoms with Crippen molar-refractivity contribution in [3.05, 3.63) is 53.5 Å². The molecule has 2 aromatic rings. The van der Waals surface area contributed by atoms with E-state index >= 15 is 0 Å². The van der Waals surface area contributed by atoms with Crippen LogP contribution in [0.2, 0.25) is 0 Å². The van der Waals surface area contributed by atoms with Crippen LogP contribution in [0.1, 0.15) is 28.7 Å². The first-order valence-electron chi connectivity index (χ1n) is 6.46. The first-order chi connectivity index (χ1) is 9.69. The fourth-order valence-corrected chi connectivity index (χ4v) is 1.74. The van der Waals surface area contributed by atoms with Crippen LogP contribution in [0.15, 0.2) is 36.5 Å². The summed E-state index contributed by atoms with van der Waals surface area (Å²) in [7, 11) is 0. The molecule has 0 aromatic carbocycles. The summed E-state index contributed by atoms with van der Waals surface area (Å²) in [4.78, 5) is 19.5. The lowest BCUT2D eigenvalue weighted by molar-refractivity contribution is 0.0696. The summed E-state index contributed by atoms with van der Waals surface area (Å²) in [6, 6.07) is 8.70. The van der Waals surface area contributed by atoms with Crippen molar-refractivity contribution in [3.8, 4) is 5.88 Å². The van der Waals surface area contributed by atoms with Gasteiger partial charge in [0.1, 0.15) is 0 Å². The smallest absolute Gasteiger partial charge is 0.335 e. The number of aryl methyl sites for hydroxylation is 1. The van der Waals surface area contributed by atoms with Gasteiger partial charge in [0.05, 0.1) is 12.2 Å². The van der Waals surface area contributed by atoms with Crippen LogP contribution in [-0.2, 0) is 12.8 Å². The predicted molar refractivity (Wildman–Crippen MR) is 74.0 cm³/mol. The van der Waals surface area contributed by atoms with Gasteiger partial charge in [-0.25, -0.2) is 9.78 Å². The van der Waals surface area contributed by atoms with Gasteiger partial charge in [-0.05, 0) is 24.6 Å². The molecule has 0 saturated heterocycles. The van der Waals surface area contributed by atoms with Gasteiger partial charge < -0.3 is 9.84 Å². The Morgan fingerprint density at radius 3 is 2.80 bits per heavy atom. The Bertz CT molecular complexity index is 585. The highest BCUT2D eigenvalue weighted by atomic mass is 16.5. The van der Waals surface area contributed by atoms with E-state index < -0.39 is 5.97 Å². The highest BCUT2D eigenvalue weighted by molar-refractivity contribution is 5.88. The maximum Gasteiger partial charge on any atom is 0.335 e. The van der Waals surface area contributed by atoms with Gasteiger partial charge in [-0.1, -0.05) is 13.0 Å². The molecule has 0 saturated carbocycles. The van der Waals surface area contributed by atoms with E-state index in [9.17, 15) is 4.79 Å². The lowest BCUT2D eigenvalue weighted by Crippen LogP contribution is -2.07. The summed E-state index contributed by atoms with van der Waals surface area (Å²) in [6.07, 6.45) is 3.05. The summed E-state index contributed by atoms with van der Waals surface area (Å²) in [5.74, 6) is -0.630. The normalized spacial score (nSPS) is 10.2.